The molecule has 1 saturated carbocycles. The number of nitrogens with one attached hydrogen (secondary N) is 3. The van der Waals surface area contributed by atoms with E-state index in [1.807, 2.05) is 19.0 Å². The van der Waals surface area contributed by atoms with Gasteiger partial charge in [-0.05, 0) is 44.2 Å². The van der Waals surface area contributed by atoms with Crippen LogP contribution in [0.2, 0.25) is 0 Å². The Labute approximate surface area is 196 Å². The molecule has 0 bridgehead atoms. The summed E-state index contributed by atoms with van der Waals surface area (Å²) in [7, 11) is 6.65. The monoisotopic (exact) mass is 477 g/mol. The number of carbonyl (C=O) groups is 1. The van der Waals surface area contributed by atoms with Crippen molar-refractivity contribution in [2.75, 3.05) is 43.3 Å². The first-order valence-electron chi connectivity index (χ1n) is 10.9. The van der Waals surface area contributed by atoms with E-state index in [0.717, 1.165) is 11.8 Å². The van der Waals surface area contributed by atoms with Crippen molar-refractivity contribution in [3.05, 3.63) is 41.2 Å². The second kappa shape index (κ2) is 9.88. The summed E-state index contributed by atoms with van der Waals surface area (Å²) in [4.78, 5) is 19.5. The van der Waals surface area contributed by atoms with Crippen LogP contribution in [-0.2, 0) is 0 Å². The number of amides is 1. The summed E-state index contributed by atoms with van der Waals surface area (Å²) >= 11 is 0. The summed E-state index contributed by atoms with van der Waals surface area (Å²) < 4.78 is 44.0. The molecule has 2 atom stereocenters. The average Bonchev–Trinajstić information content (AvgIpc) is 2.78. The molecule has 1 amide bonds. The van der Waals surface area contributed by atoms with Gasteiger partial charge in [0, 0.05) is 50.7 Å². The minimum Gasteiger partial charge on any atom is -0.377 e. The molecule has 8 nitrogen and oxygen atoms in total. The number of likely N-dealkylation sites (N-methyl/N-ethyl adjacent to an activating group) is 2. The van der Waals surface area contributed by atoms with E-state index in [1.165, 1.54) is 25.2 Å². The van der Waals surface area contributed by atoms with Crippen LogP contribution in [0.5, 0.6) is 0 Å². The van der Waals surface area contributed by atoms with Gasteiger partial charge in [-0.2, -0.15) is 0 Å². The number of nitrogens with two attached hydrogens (primary N) is 1. The van der Waals surface area contributed by atoms with Gasteiger partial charge in [-0.3, -0.25) is 4.79 Å². The molecule has 1 aromatic heterocycles. The van der Waals surface area contributed by atoms with Gasteiger partial charge >= 0.3 is 0 Å². The van der Waals surface area contributed by atoms with E-state index in [-0.39, 0.29) is 30.0 Å². The maximum atomic E-state index is 15.0. The van der Waals surface area contributed by atoms with Crippen LogP contribution in [0.1, 0.15) is 35.2 Å². The molecule has 0 aliphatic heterocycles. The van der Waals surface area contributed by atoms with Crippen LogP contribution in [-0.4, -0.2) is 63.3 Å². The van der Waals surface area contributed by atoms with Crippen LogP contribution in [0, 0.1) is 11.2 Å². The van der Waals surface area contributed by atoms with Crippen molar-refractivity contribution in [1.82, 2.24) is 10.3 Å². The Morgan fingerprint density at radius 3 is 2.59 bits per heavy atom. The molecule has 184 valence electrons. The van der Waals surface area contributed by atoms with Gasteiger partial charge in [-0.1, -0.05) is 0 Å². The number of carbonyl (C=O) groups excluding carboxylic acids is 1. The molecule has 1 fully saturated rings. The molecule has 1 aliphatic carbocycles. The van der Waals surface area contributed by atoms with E-state index in [0.29, 0.717) is 17.7 Å². The Morgan fingerprint density at radius 2 is 2.00 bits per heavy atom. The number of pyridine rings is 1. The van der Waals surface area contributed by atoms with Crippen LogP contribution >= 0.6 is 0 Å². The lowest BCUT2D eigenvalue weighted by atomic mass is 9.86. The number of primary amides is 1. The third-order valence-corrected chi connectivity index (χ3v) is 6.14. The van der Waals surface area contributed by atoms with Gasteiger partial charge in [0.25, 0.3) is 11.8 Å². The van der Waals surface area contributed by atoms with Crippen molar-refractivity contribution >= 4 is 35.1 Å². The first-order chi connectivity index (χ1) is 16.0. The van der Waals surface area contributed by atoms with E-state index < -0.39 is 29.7 Å². The summed E-state index contributed by atoms with van der Waals surface area (Å²) in [6.07, 6.45) is 1.66. The molecule has 2 aromatic rings. The highest BCUT2D eigenvalue weighted by molar-refractivity contribution is 5.99. The Hall–Kier alpha value is -3.34. The van der Waals surface area contributed by atoms with Crippen molar-refractivity contribution in [3.8, 4) is 0 Å². The van der Waals surface area contributed by atoms with E-state index in [4.69, 9.17) is 11.1 Å². The van der Waals surface area contributed by atoms with Crippen molar-refractivity contribution in [3.63, 3.8) is 0 Å². The van der Waals surface area contributed by atoms with Gasteiger partial charge in [-0.25, -0.2) is 18.2 Å². The van der Waals surface area contributed by atoms with Crippen molar-refractivity contribution < 1.29 is 18.0 Å². The normalized spacial score (nSPS) is 19.4. The predicted octanol–water partition coefficient (Wildman–Crippen LogP) is 3.34. The zero-order valence-corrected chi connectivity index (χ0v) is 19.6. The van der Waals surface area contributed by atoms with Crippen molar-refractivity contribution in [1.29, 1.82) is 5.41 Å². The van der Waals surface area contributed by atoms with Gasteiger partial charge in [-0.15, -0.1) is 0 Å². The summed E-state index contributed by atoms with van der Waals surface area (Å²) in [5.41, 5.74) is 7.18. The highest BCUT2D eigenvalue weighted by atomic mass is 19.3. The van der Waals surface area contributed by atoms with Gasteiger partial charge in [0.1, 0.15) is 5.82 Å². The molecule has 1 aliphatic rings. The molecule has 0 spiro atoms. The molecule has 34 heavy (non-hydrogen) atoms. The molecule has 1 aromatic carbocycles. The molecule has 2 unspecified atom stereocenters. The lowest BCUT2D eigenvalue weighted by Gasteiger charge is -2.42. The van der Waals surface area contributed by atoms with Crippen molar-refractivity contribution in [2.24, 2.45) is 5.73 Å². The standard InChI is InChI=1S/C23H30F3N7O/c1-29-19-18(6-5-9-23(19,25)26)33(4)22-16(24)11-15(20(28)34)21(31-22)30-14-7-8-17(32(2)3)13(10-14)12-27/h7-8,10-12,18-19,27,29H,5-6,9H2,1-4H3,(H2,28,34)(H,30,31). The number of alkyl halides is 2. The Morgan fingerprint density at radius 1 is 1.29 bits per heavy atom. The number of halogens is 3. The lowest BCUT2D eigenvalue weighted by Crippen LogP contribution is -2.59. The number of hydrogen-bond acceptors (Lipinski definition) is 7. The van der Waals surface area contributed by atoms with E-state index in [1.54, 1.807) is 18.2 Å². The van der Waals surface area contributed by atoms with Crippen LogP contribution in [0.3, 0.4) is 0 Å². The Balaban J connectivity index is 2.02. The van der Waals surface area contributed by atoms with Gasteiger partial charge in [0.05, 0.1) is 17.6 Å². The molecule has 0 radical (unpaired) electrons. The second-order valence-corrected chi connectivity index (χ2v) is 8.59. The molecule has 1 heterocycles. The number of benzene rings is 1. The SMILES string of the molecule is CNC1C(N(C)c2nc(Nc3ccc(N(C)C)c(C=N)c3)c(C(N)=O)cc2F)CCCC1(F)F. The molecule has 5 N–H and O–H groups in total. The van der Waals surface area contributed by atoms with Gasteiger partial charge in [0.2, 0.25) is 0 Å². The molecular formula is C23H30F3N7O. The summed E-state index contributed by atoms with van der Waals surface area (Å²) in [5.74, 6) is -4.86. The Bertz CT molecular complexity index is 1080. The molecule has 0 saturated heterocycles. The highest BCUT2D eigenvalue weighted by Gasteiger charge is 2.48. The predicted molar refractivity (Wildman–Crippen MR) is 128 cm³/mol. The van der Waals surface area contributed by atoms with E-state index >= 15 is 4.39 Å². The molecule has 3 rings (SSSR count). The van der Waals surface area contributed by atoms with Crippen molar-refractivity contribution in [2.45, 2.75) is 37.3 Å². The molecular weight excluding hydrogens is 447 g/mol. The van der Waals surface area contributed by atoms with E-state index in [9.17, 15) is 13.6 Å². The number of anilines is 4. The zero-order valence-electron chi connectivity index (χ0n) is 19.6. The quantitative estimate of drug-likeness (QED) is 0.434. The fraction of sp³-hybridized carbons (Fsp3) is 0.435. The highest BCUT2D eigenvalue weighted by Crippen LogP contribution is 2.37. The fourth-order valence-electron chi connectivity index (χ4n) is 4.43. The maximum Gasteiger partial charge on any atom is 0.265 e. The van der Waals surface area contributed by atoms with Gasteiger partial charge < -0.3 is 31.6 Å². The zero-order chi connectivity index (χ0) is 25.2. The number of aromatic nitrogens is 1. The summed E-state index contributed by atoms with van der Waals surface area (Å²) in [6, 6.07) is 4.25. The minimum atomic E-state index is -2.95. The van der Waals surface area contributed by atoms with Crippen LogP contribution in [0.4, 0.5) is 36.2 Å². The van der Waals surface area contributed by atoms with E-state index in [2.05, 4.69) is 15.6 Å². The first kappa shape index (κ1) is 25.3. The average molecular weight is 478 g/mol. The largest absolute Gasteiger partial charge is 0.377 e. The number of hydrogen-bond donors (Lipinski definition) is 4. The smallest absolute Gasteiger partial charge is 0.265 e. The number of rotatable bonds is 8. The maximum absolute atomic E-state index is 15.0. The topological polar surface area (TPSA) is 110 Å². The summed E-state index contributed by atoms with van der Waals surface area (Å²) in [6.45, 7) is 0. The third kappa shape index (κ3) is 4.93. The second-order valence-electron chi connectivity index (χ2n) is 8.59. The minimum absolute atomic E-state index is 0.00661. The number of nitrogens with zero attached hydrogens (tertiary/aromatic N) is 3. The fourth-order valence-corrected chi connectivity index (χ4v) is 4.43. The van der Waals surface area contributed by atoms with Crippen LogP contribution in [0.25, 0.3) is 0 Å². The Kier molecular flexibility index (Phi) is 7.35. The third-order valence-electron chi connectivity index (χ3n) is 6.14. The van der Waals surface area contributed by atoms with Crippen LogP contribution in [0.15, 0.2) is 24.3 Å². The molecule has 11 heteroatoms. The first-order valence-corrected chi connectivity index (χ1v) is 10.9. The lowest BCUT2D eigenvalue weighted by molar-refractivity contribution is -0.0685. The van der Waals surface area contributed by atoms with Crippen LogP contribution < -0.4 is 26.2 Å². The van der Waals surface area contributed by atoms with Gasteiger partial charge in [0.15, 0.2) is 11.6 Å². The summed E-state index contributed by atoms with van der Waals surface area (Å²) in [5, 5.41) is 13.3.